The molecule has 2 aromatic heterocycles. The maximum Gasteiger partial charge on any atom is 0.225 e. The number of hydrazine groups is 1. The highest BCUT2D eigenvalue weighted by atomic mass is 32.2. The maximum atomic E-state index is 11.2. The van der Waals surface area contributed by atoms with Crippen LogP contribution in [0.2, 0.25) is 0 Å². The molecule has 0 aliphatic heterocycles. The minimum atomic E-state index is -3.35. The van der Waals surface area contributed by atoms with Gasteiger partial charge in [0, 0.05) is 6.54 Å². The Morgan fingerprint density at radius 1 is 1.41 bits per heavy atom. The number of fused-ring (bicyclic) bond motifs is 1. The van der Waals surface area contributed by atoms with Crippen molar-refractivity contribution in [3.63, 3.8) is 0 Å². The molecule has 0 aliphatic carbocycles. The normalized spacial score (nSPS) is 11.9. The lowest BCUT2D eigenvalue weighted by Crippen LogP contribution is -2.42. The second kappa shape index (κ2) is 4.26. The Morgan fingerprint density at radius 3 is 2.82 bits per heavy atom. The third-order valence-electron chi connectivity index (χ3n) is 2.05. The number of hydrogen-bond acceptors (Lipinski definition) is 6. The minimum Gasteiger partial charge on any atom is -0.340 e. The van der Waals surface area contributed by atoms with E-state index in [0.29, 0.717) is 23.5 Å². The van der Waals surface area contributed by atoms with Gasteiger partial charge in [0.05, 0.1) is 12.6 Å². The van der Waals surface area contributed by atoms with Gasteiger partial charge in [-0.3, -0.25) is 5.01 Å². The monoisotopic (exact) mass is 256 g/mol. The van der Waals surface area contributed by atoms with Crippen LogP contribution < -0.4 is 9.84 Å². The Morgan fingerprint density at radius 2 is 2.18 bits per heavy atom. The molecule has 0 aromatic carbocycles. The van der Waals surface area contributed by atoms with Crippen LogP contribution in [0.5, 0.6) is 0 Å². The van der Waals surface area contributed by atoms with Crippen LogP contribution in [0.3, 0.4) is 0 Å². The molecule has 0 saturated heterocycles. The molecule has 92 valence electrons. The average Bonchev–Trinajstić information content (AvgIpc) is 2.72. The standard InChI is InChI=1S/C8H12N6O2S/c1-3-14(13-17(2,15)16)8-6-7(10-4-9-6)11-5-12-8/h4-5,13H,3H2,1-2H3,(H,9,10,11,12). The van der Waals surface area contributed by atoms with Crippen LogP contribution in [0.4, 0.5) is 5.82 Å². The SMILES string of the molecule is CCN(NS(C)(=O)=O)c1ncnc2nc[nH]c12. The van der Waals surface area contributed by atoms with Gasteiger partial charge in [0.25, 0.3) is 0 Å². The van der Waals surface area contributed by atoms with E-state index in [2.05, 4.69) is 24.8 Å². The average molecular weight is 256 g/mol. The molecule has 8 nitrogen and oxygen atoms in total. The smallest absolute Gasteiger partial charge is 0.225 e. The summed E-state index contributed by atoms with van der Waals surface area (Å²) >= 11 is 0. The van der Waals surface area contributed by atoms with Crippen LogP contribution in [0, 0.1) is 0 Å². The zero-order valence-corrected chi connectivity index (χ0v) is 10.2. The zero-order valence-electron chi connectivity index (χ0n) is 9.38. The van der Waals surface area contributed by atoms with Crippen molar-refractivity contribution >= 4 is 27.0 Å². The van der Waals surface area contributed by atoms with Gasteiger partial charge in [0.1, 0.15) is 11.8 Å². The first-order valence-corrected chi connectivity index (χ1v) is 6.79. The van der Waals surface area contributed by atoms with Gasteiger partial charge in [-0.25, -0.2) is 23.4 Å². The third kappa shape index (κ3) is 2.50. The number of H-pyrrole nitrogens is 1. The molecule has 2 aromatic rings. The number of aromatic nitrogens is 4. The minimum absolute atomic E-state index is 0.429. The molecule has 0 spiro atoms. The summed E-state index contributed by atoms with van der Waals surface area (Å²) in [5, 5.41) is 1.41. The van der Waals surface area contributed by atoms with E-state index in [-0.39, 0.29) is 0 Å². The van der Waals surface area contributed by atoms with Crippen molar-refractivity contribution < 1.29 is 8.42 Å². The number of nitrogens with one attached hydrogen (secondary N) is 2. The van der Waals surface area contributed by atoms with Crippen LogP contribution >= 0.6 is 0 Å². The summed E-state index contributed by atoms with van der Waals surface area (Å²) in [6.45, 7) is 2.24. The topological polar surface area (TPSA) is 104 Å². The summed E-state index contributed by atoms with van der Waals surface area (Å²) in [4.78, 5) is 17.2. The summed E-state index contributed by atoms with van der Waals surface area (Å²) in [7, 11) is -3.35. The van der Waals surface area contributed by atoms with Crippen LogP contribution in [0.15, 0.2) is 12.7 Å². The molecule has 2 heterocycles. The van der Waals surface area contributed by atoms with Crippen molar-refractivity contribution in [2.45, 2.75) is 6.92 Å². The van der Waals surface area contributed by atoms with Crippen LogP contribution in [-0.4, -0.2) is 41.2 Å². The molecule has 9 heteroatoms. The maximum absolute atomic E-state index is 11.2. The fraction of sp³-hybridized carbons (Fsp3) is 0.375. The molecular formula is C8H12N6O2S. The van der Waals surface area contributed by atoms with Crippen molar-refractivity contribution in [3.8, 4) is 0 Å². The van der Waals surface area contributed by atoms with Crippen molar-refractivity contribution in [1.82, 2.24) is 24.8 Å². The Balaban J connectivity index is 2.46. The molecule has 0 amide bonds. The van der Waals surface area contributed by atoms with Gasteiger partial charge in [0.15, 0.2) is 11.5 Å². The summed E-state index contributed by atoms with van der Waals surface area (Å²) in [6.07, 6.45) is 3.91. The molecule has 0 radical (unpaired) electrons. The highest BCUT2D eigenvalue weighted by molar-refractivity contribution is 7.88. The predicted molar refractivity (Wildman–Crippen MR) is 62.7 cm³/mol. The fourth-order valence-corrected chi connectivity index (χ4v) is 2.03. The highest BCUT2D eigenvalue weighted by Crippen LogP contribution is 2.17. The van der Waals surface area contributed by atoms with E-state index < -0.39 is 10.0 Å². The largest absolute Gasteiger partial charge is 0.340 e. The van der Waals surface area contributed by atoms with Crippen LogP contribution in [0.1, 0.15) is 6.92 Å². The highest BCUT2D eigenvalue weighted by Gasteiger charge is 2.15. The first kappa shape index (κ1) is 11.7. The first-order valence-electron chi connectivity index (χ1n) is 4.90. The molecule has 0 atom stereocenters. The molecule has 17 heavy (non-hydrogen) atoms. The lowest BCUT2D eigenvalue weighted by Gasteiger charge is -2.21. The number of hydrogen-bond donors (Lipinski definition) is 2. The lowest BCUT2D eigenvalue weighted by molar-refractivity contribution is 0.582. The number of nitrogens with zero attached hydrogens (tertiary/aromatic N) is 4. The molecule has 2 N–H and O–H groups in total. The Kier molecular flexibility index (Phi) is 2.94. The van der Waals surface area contributed by atoms with Gasteiger partial charge in [-0.2, -0.15) is 0 Å². The number of anilines is 1. The van der Waals surface area contributed by atoms with Crippen molar-refractivity contribution in [3.05, 3.63) is 12.7 Å². The van der Waals surface area contributed by atoms with Gasteiger partial charge in [-0.15, -0.1) is 4.83 Å². The Hall–Kier alpha value is -1.74. The molecule has 0 fully saturated rings. The molecule has 2 rings (SSSR count). The van der Waals surface area contributed by atoms with Crippen LogP contribution in [-0.2, 0) is 10.0 Å². The van der Waals surface area contributed by atoms with Gasteiger partial charge >= 0.3 is 0 Å². The number of aromatic amines is 1. The fourth-order valence-electron chi connectivity index (χ4n) is 1.41. The second-order valence-electron chi connectivity index (χ2n) is 3.41. The van der Waals surface area contributed by atoms with Crippen molar-refractivity contribution in [2.24, 2.45) is 0 Å². The van der Waals surface area contributed by atoms with Gasteiger partial charge in [0.2, 0.25) is 10.0 Å². The van der Waals surface area contributed by atoms with Crippen molar-refractivity contribution in [2.75, 3.05) is 17.8 Å². The summed E-state index contributed by atoms with van der Waals surface area (Å²) in [6, 6.07) is 0. The van der Waals surface area contributed by atoms with Gasteiger partial charge < -0.3 is 4.98 Å². The molecule has 0 bridgehead atoms. The number of sulfonamides is 1. The second-order valence-corrected chi connectivity index (χ2v) is 5.13. The predicted octanol–water partition coefficient (Wildman–Crippen LogP) is -0.357. The molecule has 0 aliphatic rings. The molecule has 0 saturated carbocycles. The molecule has 0 unspecified atom stereocenters. The summed E-state index contributed by atoms with van der Waals surface area (Å²) in [5.74, 6) is 0.445. The van der Waals surface area contributed by atoms with Crippen molar-refractivity contribution in [1.29, 1.82) is 0 Å². The van der Waals surface area contributed by atoms with E-state index in [1.165, 1.54) is 17.7 Å². The van der Waals surface area contributed by atoms with Crippen LogP contribution in [0.25, 0.3) is 11.2 Å². The third-order valence-corrected chi connectivity index (χ3v) is 2.60. The van der Waals surface area contributed by atoms with E-state index >= 15 is 0 Å². The Bertz CT molecular complexity index is 622. The van der Waals surface area contributed by atoms with E-state index in [9.17, 15) is 8.42 Å². The van der Waals surface area contributed by atoms with E-state index in [0.717, 1.165) is 6.26 Å². The van der Waals surface area contributed by atoms with Gasteiger partial charge in [-0.1, -0.05) is 0 Å². The van der Waals surface area contributed by atoms with E-state index in [4.69, 9.17) is 0 Å². The van der Waals surface area contributed by atoms with E-state index in [1.807, 2.05) is 6.92 Å². The first-order chi connectivity index (χ1) is 8.01. The lowest BCUT2D eigenvalue weighted by atomic mass is 10.5. The number of imidazole rings is 1. The van der Waals surface area contributed by atoms with E-state index in [1.54, 1.807) is 0 Å². The quantitative estimate of drug-likeness (QED) is 0.724. The van der Waals surface area contributed by atoms with Gasteiger partial charge in [-0.05, 0) is 6.92 Å². The summed E-state index contributed by atoms with van der Waals surface area (Å²) in [5.41, 5.74) is 1.08. The summed E-state index contributed by atoms with van der Waals surface area (Å²) < 4.78 is 22.5. The number of rotatable bonds is 4. The Labute approximate surface area is 98.1 Å². The molecular weight excluding hydrogens is 244 g/mol. The zero-order chi connectivity index (χ0) is 12.5.